The Morgan fingerprint density at radius 2 is 1.90 bits per heavy atom. The first-order chi connectivity index (χ1) is 9.75. The summed E-state index contributed by atoms with van der Waals surface area (Å²) in [5, 5.41) is 8.37. The first-order valence-corrected chi connectivity index (χ1v) is 8.36. The van der Waals surface area contributed by atoms with Gasteiger partial charge in [-0.2, -0.15) is 0 Å². The molecule has 0 bridgehead atoms. The quantitative estimate of drug-likeness (QED) is 0.656. The van der Waals surface area contributed by atoms with Crippen molar-refractivity contribution >= 4 is 38.0 Å². The van der Waals surface area contributed by atoms with Gasteiger partial charge in [-0.25, -0.2) is 0 Å². The number of benzene rings is 2. The Labute approximate surface area is 131 Å². The van der Waals surface area contributed by atoms with E-state index in [1.807, 2.05) is 0 Å². The molecule has 102 valence electrons. The van der Waals surface area contributed by atoms with E-state index in [0.29, 0.717) is 6.04 Å². The molecule has 3 heteroatoms. The summed E-state index contributed by atoms with van der Waals surface area (Å²) in [5.74, 6) is 0. The molecule has 20 heavy (non-hydrogen) atoms. The predicted octanol–water partition coefficient (Wildman–Crippen LogP) is 5.51. The third-order valence-corrected chi connectivity index (χ3v) is 5.57. The molecule has 2 aromatic carbocycles. The molecule has 1 heterocycles. The molecule has 0 aliphatic rings. The van der Waals surface area contributed by atoms with Crippen LogP contribution in [0.25, 0.3) is 10.8 Å². The first-order valence-electron chi connectivity index (χ1n) is 6.68. The van der Waals surface area contributed by atoms with Crippen LogP contribution in [0.4, 0.5) is 0 Å². The Morgan fingerprint density at radius 3 is 2.70 bits per heavy atom. The van der Waals surface area contributed by atoms with Crippen LogP contribution in [0.1, 0.15) is 23.4 Å². The Bertz CT molecular complexity index is 714. The van der Waals surface area contributed by atoms with Crippen molar-refractivity contribution in [3.63, 3.8) is 0 Å². The third-order valence-electron chi connectivity index (χ3n) is 3.52. The number of hydrogen-bond donors (Lipinski definition) is 1. The summed E-state index contributed by atoms with van der Waals surface area (Å²) in [6, 6.07) is 17.5. The van der Waals surface area contributed by atoms with Crippen molar-refractivity contribution in [3.8, 4) is 0 Å². The van der Waals surface area contributed by atoms with Gasteiger partial charge in [0.25, 0.3) is 0 Å². The van der Waals surface area contributed by atoms with Crippen LogP contribution in [0.2, 0.25) is 0 Å². The van der Waals surface area contributed by atoms with Crippen LogP contribution in [0.5, 0.6) is 0 Å². The smallest absolute Gasteiger partial charge is 0.0400 e. The Balaban J connectivity index is 1.79. The molecule has 1 unspecified atom stereocenters. The lowest BCUT2D eigenvalue weighted by atomic mass is 10.0. The largest absolute Gasteiger partial charge is 0.305 e. The molecule has 0 amide bonds. The lowest BCUT2D eigenvalue weighted by Crippen LogP contribution is -2.17. The van der Waals surface area contributed by atoms with E-state index in [2.05, 4.69) is 82.1 Å². The first kappa shape index (κ1) is 13.8. The lowest BCUT2D eigenvalue weighted by molar-refractivity contribution is 0.583. The van der Waals surface area contributed by atoms with Crippen molar-refractivity contribution in [2.75, 3.05) is 0 Å². The second-order valence-corrected chi connectivity index (χ2v) is 6.68. The van der Waals surface area contributed by atoms with Crippen LogP contribution >= 0.6 is 27.3 Å². The maximum absolute atomic E-state index is 3.61. The standard InChI is InChI=1S/C17H16BrNS/c1-12(17-16(18)9-10-20-17)19-11-14-7-4-6-13-5-2-3-8-15(13)14/h2-10,12,19H,11H2,1H3. The molecular formula is C17H16BrNS. The molecule has 1 N–H and O–H groups in total. The molecule has 3 aromatic rings. The second-order valence-electron chi connectivity index (χ2n) is 4.87. The predicted molar refractivity (Wildman–Crippen MR) is 91.2 cm³/mol. The fourth-order valence-corrected chi connectivity index (χ4v) is 4.17. The van der Waals surface area contributed by atoms with E-state index in [4.69, 9.17) is 0 Å². The highest BCUT2D eigenvalue weighted by molar-refractivity contribution is 9.10. The van der Waals surface area contributed by atoms with Gasteiger partial charge in [-0.05, 0) is 50.6 Å². The SMILES string of the molecule is CC(NCc1cccc2ccccc12)c1sccc1Br. The van der Waals surface area contributed by atoms with E-state index in [1.54, 1.807) is 11.3 Å². The number of nitrogens with one attached hydrogen (secondary N) is 1. The van der Waals surface area contributed by atoms with Crippen molar-refractivity contribution in [1.29, 1.82) is 0 Å². The molecule has 0 aliphatic carbocycles. The van der Waals surface area contributed by atoms with Gasteiger partial charge in [-0.1, -0.05) is 42.5 Å². The third kappa shape index (κ3) is 2.80. The van der Waals surface area contributed by atoms with Crippen LogP contribution in [0.15, 0.2) is 58.4 Å². The number of fused-ring (bicyclic) bond motifs is 1. The van der Waals surface area contributed by atoms with Gasteiger partial charge in [0, 0.05) is 21.9 Å². The van der Waals surface area contributed by atoms with E-state index in [0.717, 1.165) is 6.54 Å². The summed E-state index contributed by atoms with van der Waals surface area (Å²) < 4.78 is 1.19. The van der Waals surface area contributed by atoms with Crippen molar-refractivity contribution < 1.29 is 0 Å². The molecule has 0 saturated heterocycles. The van der Waals surface area contributed by atoms with Gasteiger partial charge in [-0.3, -0.25) is 0 Å². The van der Waals surface area contributed by atoms with Crippen LogP contribution in [0, 0.1) is 0 Å². The zero-order valence-corrected chi connectivity index (χ0v) is 13.7. The molecule has 0 aliphatic heterocycles. The molecule has 0 fully saturated rings. The summed E-state index contributed by atoms with van der Waals surface area (Å²) in [6.45, 7) is 3.09. The monoisotopic (exact) mass is 345 g/mol. The average Bonchev–Trinajstić information content (AvgIpc) is 2.91. The van der Waals surface area contributed by atoms with Crippen molar-refractivity contribution in [2.24, 2.45) is 0 Å². The molecule has 0 saturated carbocycles. The maximum Gasteiger partial charge on any atom is 0.0400 e. The summed E-state index contributed by atoms with van der Waals surface area (Å²) in [7, 11) is 0. The molecule has 0 radical (unpaired) electrons. The average molecular weight is 346 g/mol. The fourth-order valence-electron chi connectivity index (χ4n) is 2.42. The molecule has 0 spiro atoms. The van der Waals surface area contributed by atoms with Gasteiger partial charge >= 0.3 is 0 Å². The van der Waals surface area contributed by atoms with Crippen LogP contribution in [-0.4, -0.2) is 0 Å². The van der Waals surface area contributed by atoms with Gasteiger partial charge in [0.2, 0.25) is 0 Å². The zero-order chi connectivity index (χ0) is 13.9. The molecule has 1 aromatic heterocycles. The minimum absolute atomic E-state index is 0.350. The van der Waals surface area contributed by atoms with Crippen molar-refractivity contribution in [1.82, 2.24) is 5.32 Å². The Kier molecular flexibility index (Phi) is 4.20. The number of hydrogen-bond acceptors (Lipinski definition) is 2. The van der Waals surface area contributed by atoms with E-state index >= 15 is 0 Å². The normalized spacial score (nSPS) is 12.7. The number of rotatable bonds is 4. The highest BCUT2D eigenvalue weighted by atomic mass is 79.9. The lowest BCUT2D eigenvalue weighted by Gasteiger charge is -2.14. The summed E-state index contributed by atoms with van der Waals surface area (Å²) in [5.41, 5.74) is 1.35. The number of halogens is 1. The fraction of sp³-hybridized carbons (Fsp3) is 0.176. The Morgan fingerprint density at radius 1 is 1.10 bits per heavy atom. The molecule has 1 nitrogen and oxygen atoms in total. The molecule has 1 atom stereocenters. The second kappa shape index (κ2) is 6.08. The van der Waals surface area contributed by atoms with E-state index < -0.39 is 0 Å². The van der Waals surface area contributed by atoms with Crippen LogP contribution in [-0.2, 0) is 6.54 Å². The summed E-state index contributed by atoms with van der Waals surface area (Å²) >= 11 is 5.39. The highest BCUT2D eigenvalue weighted by Crippen LogP contribution is 2.29. The minimum Gasteiger partial charge on any atom is -0.305 e. The molecule has 3 rings (SSSR count). The van der Waals surface area contributed by atoms with E-state index in [9.17, 15) is 0 Å². The van der Waals surface area contributed by atoms with Crippen LogP contribution < -0.4 is 5.32 Å². The van der Waals surface area contributed by atoms with Crippen molar-refractivity contribution in [2.45, 2.75) is 19.5 Å². The van der Waals surface area contributed by atoms with Gasteiger partial charge in [0.05, 0.1) is 0 Å². The summed E-state index contributed by atoms with van der Waals surface area (Å²) in [6.07, 6.45) is 0. The van der Waals surface area contributed by atoms with Gasteiger partial charge in [0.1, 0.15) is 0 Å². The minimum atomic E-state index is 0.350. The summed E-state index contributed by atoms with van der Waals surface area (Å²) in [4.78, 5) is 1.35. The van der Waals surface area contributed by atoms with E-state index in [1.165, 1.54) is 25.7 Å². The number of thiophene rings is 1. The zero-order valence-electron chi connectivity index (χ0n) is 11.3. The van der Waals surface area contributed by atoms with Gasteiger partial charge in [0.15, 0.2) is 0 Å². The van der Waals surface area contributed by atoms with Gasteiger partial charge < -0.3 is 5.32 Å². The maximum atomic E-state index is 3.61. The van der Waals surface area contributed by atoms with Gasteiger partial charge in [-0.15, -0.1) is 11.3 Å². The van der Waals surface area contributed by atoms with E-state index in [-0.39, 0.29) is 0 Å². The Hall–Kier alpha value is -1.16. The highest BCUT2D eigenvalue weighted by Gasteiger charge is 2.10. The molecular weight excluding hydrogens is 330 g/mol. The topological polar surface area (TPSA) is 12.0 Å². The van der Waals surface area contributed by atoms with Crippen molar-refractivity contribution in [3.05, 3.63) is 68.8 Å². The van der Waals surface area contributed by atoms with Crippen LogP contribution in [0.3, 0.4) is 0 Å².